The first-order chi connectivity index (χ1) is 7.22. The van der Waals surface area contributed by atoms with Crippen molar-refractivity contribution in [2.45, 2.75) is 0 Å². The number of nitriles is 1. The molecular weight excluding hydrogens is 194 g/mol. The summed E-state index contributed by atoms with van der Waals surface area (Å²) in [6, 6.07) is 6.67. The average Bonchev–Trinajstić information content (AvgIpc) is 2.28. The molecule has 15 heavy (non-hydrogen) atoms. The van der Waals surface area contributed by atoms with Crippen molar-refractivity contribution in [3.63, 3.8) is 0 Å². The van der Waals surface area contributed by atoms with E-state index in [1.807, 2.05) is 6.07 Å². The highest BCUT2D eigenvalue weighted by molar-refractivity contribution is 5.99. The van der Waals surface area contributed by atoms with Crippen molar-refractivity contribution in [3.05, 3.63) is 29.3 Å². The lowest BCUT2D eigenvalue weighted by atomic mass is 10.1. The second-order valence-electron chi connectivity index (χ2n) is 2.88. The van der Waals surface area contributed by atoms with Gasteiger partial charge in [-0.25, -0.2) is 0 Å². The van der Waals surface area contributed by atoms with Gasteiger partial charge in [-0.1, -0.05) is 0 Å². The van der Waals surface area contributed by atoms with E-state index in [4.69, 9.17) is 14.7 Å². The van der Waals surface area contributed by atoms with Crippen molar-refractivity contribution in [1.82, 2.24) is 0 Å². The van der Waals surface area contributed by atoms with Gasteiger partial charge in [-0.05, 0) is 18.2 Å². The van der Waals surface area contributed by atoms with Crippen LogP contribution in [0.2, 0.25) is 0 Å². The Balaban J connectivity index is 3.12. The molecule has 0 radical (unpaired) electrons. The van der Waals surface area contributed by atoms with Crippen molar-refractivity contribution in [2.24, 2.45) is 0 Å². The molecule has 0 saturated carbocycles. The van der Waals surface area contributed by atoms with Gasteiger partial charge in [0, 0.05) is 7.11 Å². The summed E-state index contributed by atoms with van der Waals surface area (Å²) >= 11 is 0. The van der Waals surface area contributed by atoms with E-state index < -0.39 is 0 Å². The van der Waals surface area contributed by atoms with Crippen LogP contribution in [-0.2, 0) is 4.74 Å². The Morgan fingerprint density at radius 1 is 1.47 bits per heavy atom. The fraction of sp³-hybridized carbons (Fsp3) is 0.273. The molecule has 0 unspecified atom stereocenters. The van der Waals surface area contributed by atoms with Crippen LogP contribution in [-0.4, -0.2) is 26.6 Å². The fourth-order valence-corrected chi connectivity index (χ4v) is 1.20. The molecule has 78 valence electrons. The van der Waals surface area contributed by atoms with Crippen molar-refractivity contribution >= 4 is 5.78 Å². The average molecular weight is 205 g/mol. The molecule has 4 nitrogen and oxygen atoms in total. The van der Waals surface area contributed by atoms with E-state index in [-0.39, 0.29) is 12.4 Å². The maximum absolute atomic E-state index is 11.6. The minimum Gasteiger partial charge on any atom is -0.496 e. The highest BCUT2D eigenvalue weighted by atomic mass is 16.5. The first kappa shape index (κ1) is 11.2. The monoisotopic (exact) mass is 205 g/mol. The standard InChI is InChI=1S/C11H11NO3/c1-14-7-10(13)9-5-8(6-12)3-4-11(9)15-2/h3-5H,7H2,1-2H3. The summed E-state index contributed by atoms with van der Waals surface area (Å²) in [6.07, 6.45) is 0. The van der Waals surface area contributed by atoms with Gasteiger partial charge in [0.05, 0.1) is 24.3 Å². The molecule has 0 spiro atoms. The van der Waals surface area contributed by atoms with Crippen LogP contribution in [0, 0.1) is 11.3 Å². The molecule has 0 atom stereocenters. The zero-order chi connectivity index (χ0) is 11.3. The topological polar surface area (TPSA) is 59.3 Å². The van der Waals surface area contributed by atoms with Gasteiger partial charge in [0.25, 0.3) is 0 Å². The van der Waals surface area contributed by atoms with Crippen LogP contribution < -0.4 is 4.74 Å². The molecule has 0 fully saturated rings. The third kappa shape index (κ3) is 2.55. The highest BCUT2D eigenvalue weighted by Crippen LogP contribution is 2.20. The second-order valence-corrected chi connectivity index (χ2v) is 2.88. The molecule has 4 heteroatoms. The third-order valence-corrected chi connectivity index (χ3v) is 1.90. The summed E-state index contributed by atoms with van der Waals surface area (Å²) in [6.45, 7) is -0.0226. The minimum atomic E-state index is -0.202. The Morgan fingerprint density at radius 2 is 2.20 bits per heavy atom. The lowest BCUT2D eigenvalue weighted by molar-refractivity contribution is 0.0845. The molecule has 0 N–H and O–H groups in total. The lowest BCUT2D eigenvalue weighted by Gasteiger charge is -2.06. The Morgan fingerprint density at radius 3 is 2.73 bits per heavy atom. The summed E-state index contributed by atoms with van der Waals surface area (Å²) in [5.74, 6) is 0.252. The lowest BCUT2D eigenvalue weighted by Crippen LogP contribution is -2.09. The molecule has 0 bridgehead atoms. The summed E-state index contributed by atoms with van der Waals surface area (Å²) in [5, 5.41) is 8.70. The number of carbonyl (C=O) groups excluding carboxylic acids is 1. The van der Waals surface area contributed by atoms with Gasteiger partial charge in [0.1, 0.15) is 12.4 Å². The fourth-order valence-electron chi connectivity index (χ4n) is 1.20. The van der Waals surface area contributed by atoms with E-state index in [2.05, 4.69) is 0 Å². The van der Waals surface area contributed by atoms with Gasteiger partial charge >= 0.3 is 0 Å². The number of hydrogen-bond donors (Lipinski definition) is 0. The highest BCUT2D eigenvalue weighted by Gasteiger charge is 2.12. The van der Waals surface area contributed by atoms with Gasteiger partial charge in [-0.2, -0.15) is 5.26 Å². The Hall–Kier alpha value is -1.86. The van der Waals surface area contributed by atoms with E-state index >= 15 is 0 Å². The van der Waals surface area contributed by atoms with Crippen LogP contribution in [0.1, 0.15) is 15.9 Å². The molecule has 0 aromatic heterocycles. The first-order valence-corrected chi connectivity index (χ1v) is 4.33. The van der Waals surface area contributed by atoms with Gasteiger partial charge in [-0.3, -0.25) is 4.79 Å². The number of hydrogen-bond acceptors (Lipinski definition) is 4. The molecule has 0 amide bonds. The summed E-state index contributed by atoms with van der Waals surface area (Å²) < 4.78 is 9.77. The molecule has 0 aliphatic rings. The molecule has 1 aromatic carbocycles. The third-order valence-electron chi connectivity index (χ3n) is 1.90. The van der Waals surface area contributed by atoms with E-state index in [9.17, 15) is 4.79 Å². The molecule has 1 aromatic rings. The predicted octanol–water partition coefficient (Wildman–Crippen LogP) is 1.40. The number of ketones is 1. The SMILES string of the molecule is COCC(=O)c1cc(C#N)ccc1OC. The molecule has 0 aliphatic heterocycles. The predicted molar refractivity (Wildman–Crippen MR) is 53.9 cm³/mol. The van der Waals surface area contributed by atoms with Crippen molar-refractivity contribution in [2.75, 3.05) is 20.8 Å². The second kappa shape index (κ2) is 5.13. The van der Waals surface area contributed by atoms with Gasteiger partial charge in [0.15, 0.2) is 5.78 Å². The van der Waals surface area contributed by atoms with Crippen LogP contribution in [0.25, 0.3) is 0 Å². The van der Waals surface area contributed by atoms with E-state index in [1.54, 1.807) is 12.1 Å². The van der Waals surface area contributed by atoms with Crippen LogP contribution >= 0.6 is 0 Å². The largest absolute Gasteiger partial charge is 0.496 e. The number of methoxy groups -OCH3 is 2. The number of ether oxygens (including phenoxy) is 2. The van der Waals surface area contributed by atoms with E-state index in [0.717, 1.165) is 0 Å². The summed E-state index contributed by atoms with van der Waals surface area (Å²) in [5.41, 5.74) is 0.800. The zero-order valence-corrected chi connectivity index (χ0v) is 8.61. The van der Waals surface area contributed by atoms with Crippen LogP contribution in [0.15, 0.2) is 18.2 Å². The number of carbonyl (C=O) groups is 1. The molecule has 1 rings (SSSR count). The number of nitrogens with zero attached hydrogens (tertiary/aromatic N) is 1. The summed E-state index contributed by atoms with van der Waals surface area (Å²) in [7, 11) is 2.92. The quantitative estimate of drug-likeness (QED) is 0.697. The van der Waals surface area contributed by atoms with Crippen LogP contribution in [0.3, 0.4) is 0 Å². The smallest absolute Gasteiger partial charge is 0.192 e. The molecule has 0 saturated heterocycles. The Kier molecular flexibility index (Phi) is 3.83. The van der Waals surface area contributed by atoms with Crippen molar-refractivity contribution < 1.29 is 14.3 Å². The molecule has 0 heterocycles. The van der Waals surface area contributed by atoms with E-state index in [1.165, 1.54) is 20.3 Å². The summed E-state index contributed by atoms with van der Waals surface area (Å²) in [4.78, 5) is 11.6. The van der Waals surface area contributed by atoms with E-state index in [0.29, 0.717) is 16.9 Å². The molecule has 0 aliphatic carbocycles. The normalized spacial score (nSPS) is 9.40. The maximum Gasteiger partial charge on any atom is 0.192 e. The number of Topliss-reactive ketones (excluding diaryl/α,β-unsaturated/α-hetero) is 1. The first-order valence-electron chi connectivity index (χ1n) is 4.33. The van der Waals surface area contributed by atoms with Crippen LogP contribution in [0.4, 0.5) is 0 Å². The zero-order valence-electron chi connectivity index (χ0n) is 8.61. The van der Waals surface area contributed by atoms with Gasteiger partial charge < -0.3 is 9.47 Å². The van der Waals surface area contributed by atoms with Gasteiger partial charge in [-0.15, -0.1) is 0 Å². The number of rotatable bonds is 4. The molecular formula is C11H11NO3. The van der Waals surface area contributed by atoms with Crippen molar-refractivity contribution in [1.29, 1.82) is 5.26 Å². The number of benzene rings is 1. The maximum atomic E-state index is 11.6. The Labute approximate surface area is 88.0 Å². The Bertz CT molecular complexity index is 407. The van der Waals surface area contributed by atoms with Crippen molar-refractivity contribution in [3.8, 4) is 11.8 Å². The van der Waals surface area contributed by atoms with Crippen LogP contribution in [0.5, 0.6) is 5.75 Å². The van der Waals surface area contributed by atoms with Gasteiger partial charge in [0.2, 0.25) is 0 Å². The minimum absolute atomic E-state index is 0.0226.